The molecular formula is C6H8F6S. The molecule has 13 heavy (non-hydrogen) atoms. The summed E-state index contributed by atoms with van der Waals surface area (Å²) in [6.45, 7) is 1.19. The first kappa shape index (κ1) is 12.9. The van der Waals surface area contributed by atoms with Gasteiger partial charge in [-0.2, -0.15) is 39.0 Å². The smallest absolute Gasteiger partial charge is 0.176 e. The van der Waals surface area contributed by atoms with Gasteiger partial charge in [-0.25, -0.2) is 0 Å². The van der Waals surface area contributed by atoms with Crippen molar-refractivity contribution in [2.24, 2.45) is 5.92 Å². The van der Waals surface area contributed by atoms with Crippen molar-refractivity contribution >= 4 is 12.6 Å². The van der Waals surface area contributed by atoms with E-state index in [1.165, 1.54) is 6.92 Å². The fraction of sp³-hybridized carbons (Fsp3) is 1.00. The van der Waals surface area contributed by atoms with Gasteiger partial charge in [-0.15, -0.1) is 0 Å². The molecule has 1 unspecified atom stereocenters. The third-order valence-corrected chi connectivity index (χ3v) is 1.58. The van der Waals surface area contributed by atoms with E-state index in [0.717, 1.165) is 0 Å². The minimum atomic E-state index is -5.24. The molecule has 0 saturated carbocycles. The van der Waals surface area contributed by atoms with Crippen molar-refractivity contribution in [1.82, 2.24) is 0 Å². The Kier molecular flexibility index (Phi) is 3.96. The highest BCUT2D eigenvalue weighted by molar-refractivity contribution is 7.80. The molecule has 0 aliphatic rings. The molecule has 80 valence electrons. The van der Waals surface area contributed by atoms with E-state index in [-0.39, 0.29) is 0 Å². The summed E-state index contributed by atoms with van der Waals surface area (Å²) in [5.41, 5.74) is 0. The minimum absolute atomic E-state index is 0.937. The molecule has 0 heterocycles. The Morgan fingerprint density at radius 1 is 1.00 bits per heavy atom. The summed E-state index contributed by atoms with van der Waals surface area (Å²) in [6, 6.07) is 0. The zero-order chi connectivity index (χ0) is 10.9. The molecule has 0 aromatic heterocycles. The average molecular weight is 226 g/mol. The molecule has 0 aliphatic heterocycles. The van der Waals surface area contributed by atoms with E-state index in [4.69, 9.17) is 0 Å². The fourth-order valence-corrected chi connectivity index (χ4v) is 1.00. The Hall–Kier alpha value is -0.0700. The van der Waals surface area contributed by atoms with Crippen molar-refractivity contribution in [1.29, 1.82) is 0 Å². The van der Waals surface area contributed by atoms with Crippen LogP contribution in [0.25, 0.3) is 0 Å². The van der Waals surface area contributed by atoms with E-state index in [1.54, 1.807) is 0 Å². The summed E-state index contributed by atoms with van der Waals surface area (Å²) in [7, 11) is 0. The monoisotopic (exact) mass is 226 g/mol. The Morgan fingerprint density at radius 2 is 1.31 bits per heavy atom. The van der Waals surface area contributed by atoms with Crippen molar-refractivity contribution in [2.75, 3.05) is 0 Å². The maximum Gasteiger partial charge on any atom is 0.400 e. The SMILES string of the molecule is CC(S)CC(C(F)(F)F)C(F)(F)F. The van der Waals surface area contributed by atoms with Crippen molar-refractivity contribution < 1.29 is 26.3 Å². The van der Waals surface area contributed by atoms with Crippen LogP contribution in [0.15, 0.2) is 0 Å². The van der Waals surface area contributed by atoms with Crippen molar-refractivity contribution in [3.8, 4) is 0 Å². The van der Waals surface area contributed by atoms with Gasteiger partial charge in [0.1, 0.15) is 0 Å². The molecule has 1 atom stereocenters. The molecule has 0 saturated heterocycles. The lowest BCUT2D eigenvalue weighted by molar-refractivity contribution is -0.285. The van der Waals surface area contributed by atoms with Gasteiger partial charge in [0.15, 0.2) is 5.92 Å². The lowest BCUT2D eigenvalue weighted by Crippen LogP contribution is -2.37. The van der Waals surface area contributed by atoms with Crippen LogP contribution in [0.5, 0.6) is 0 Å². The predicted octanol–water partition coefficient (Wildman–Crippen LogP) is 3.44. The summed E-state index contributed by atoms with van der Waals surface area (Å²) in [6.07, 6.45) is -11.5. The van der Waals surface area contributed by atoms with Crippen LogP contribution in [0.1, 0.15) is 13.3 Å². The zero-order valence-corrected chi connectivity index (χ0v) is 7.47. The van der Waals surface area contributed by atoms with Gasteiger partial charge in [-0.3, -0.25) is 0 Å². The van der Waals surface area contributed by atoms with Crippen LogP contribution in [0.3, 0.4) is 0 Å². The predicted molar refractivity (Wildman–Crippen MR) is 38.7 cm³/mol. The number of hydrogen-bond donors (Lipinski definition) is 1. The lowest BCUT2D eigenvalue weighted by Gasteiger charge is -2.23. The minimum Gasteiger partial charge on any atom is -0.176 e. The highest BCUT2D eigenvalue weighted by atomic mass is 32.1. The van der Waals surface area contributed by atoms with E-state index in [9.17, 15) is 26.3 Å². The van der Waals surface area contributed by atoms with Crippen LogP contribution in [0.2, 0.25) is 0 Å². The molecular weight excluding hydrogens is 218 g/mol. The molecule has 0 rings (SSSR count). The molecule has 7 heteroatoms. The van der Waals surface area contributed by atoms with Gasteiger partial charge in [-0.1, -0.05) is 6.92 Å². The van der Waals surface area contributed by atoms with Gasteiger partial charge in [0, 0.05) is 0 Å². The molecule has 0 fully saturated rings. The van der Waals surface area contributed by atoms with Crippen LogP contribution >= 0.6 is 12.6 Å². The van der Waals surface area contributed by atoms with Gasteiger partial charge in [0.25, 0.3) is 0 Å². The van der Waals surface area contributed by atoms with Crippen molar-refractivity contribution in [3.63, 3.8) is 0 Å². The van der Waals surface area contributed by atoms with Gasteiger partial charge in [0.05, 0.1) is 0 Å². The number of hydrogen-bond acceptors (Lipinski definition) is 1. The zero-order valence-electron chi connectivity index (χ0n) is 6.58. The van der Waals surface area contributed by atoms with Crippen LogP contribution in [0.4, 0.5) is 26.3 Å². The van der Waals surface area contributed by atoms with Gasteiger partial charge >= 0.3 is 12.4 Å². The highest BCUT2D eigenvalue weighted by Crippen LogP contribution is 2.42. The van der Waals surface area contributed by atoms with Crippen LogP contribution < -0.4 is 0 Å². The molecule has 0 bridgehead atoms. The van der Waals surface area contributed by atoms with Gasteiger partial charge in [-0.05, 0) is 11.7 Å². The molecule has 0 aliphatic carbocycles. The molecule has 0 nitrogen and oxygen atoms in total. The van der Waals surface area contributed by atoms with Crippen molar-refractivity contribution in [2.45, 2.75) is 30.9 Å². The topological polar surface area (TPSA) is 0 Å². The summed E-state index contributed by atoms with van der Waals surface area (Å²) in [5.74, 6) is -3.27. The highest BCUT2D eigenvalue weighted by Gasteiger charge is 2.56. The number of thiol groups is 1. The lowest BCUT2D eigenvalue weighted by atomic mass is 10.0. The van der Waals surface area contributed by atoms with Crippen LogP contribution in [-0.2, 0) is 0 Å². The second kappa shape index (κ2) is 3.98. The van der Waals surface area contributed by atoms with E-state index < -0.39 is 29.9 Å². The number of alkyl halides is 6. The van der Waals surface area contributed by atoms with Gasteiger partial charge < -0.3 is 0 Å². The maximum atomic E-state index is 11.8. The average Bonchev–Trinajstić information content (AvgIpc) is 1.77. The third kappa shape index (κ3) is 4.64. The van der Waals surface area contributed by atoms with Crippen LogP contribution in [0, 0.1) is 5.92 Å². The first-order chi connectivity index (χ1) is 5.55. The van der Waals surface area contributed by atoms with Gasteiger partial charge in [0.2, 0.25) is 0 Å². The van der Waals surface area contributed by atoms with Crippen LogP contribution in [-0.4, -0.2) is 17.6 Å². The fourth-order valence-electron chi connectivity index (χ4n) is 0.794. The Balaban J connectivity index is 4.58. The van der Waals surface area contributed by atoms with E-state index >= 15 is 0 Å². The Morgan fingerprint density at radius 3 is 1.38 bits per heavy atom. The quantitative estimate of drug-likeness (QED) is 0.541. The van der Waals surface area contributed by atoms with E-state index in [2.05, 4.69) is 12.6 Å². The summed E-state index contributed by atoms with van der Waals surface area (Å²) < 4.78 is 70.9. The largest absolute Gasteiger partial charge is 0.400 e. The third-order valence-electron chi connectivity index (χ3n) is 1.37. The summed E-state index contributed by atoms with van der Waals surface area (Å²) >= 11 is 3.50. The molecule has 0 aromatic rings. The summed E-state index contributed by atoms with van der Waals surface area (Å²) in [4.78, 5) is 0. The molecule has 0 aromatic carbocycles. The first-order valence-electron chi connectivity index (χ1n) is 3.36. The summed E-state index contributed by atoms with van der Waals surface area (Å²) in [5, 5.41) is -0.937. The molecule has 0 amide bonds. The standard InChI is InChI=1S/C6H8F6S/c1-3(13)2-4(5(7,8)9)6(10,11)12/h3-4,13H,2H2,1H3. The normalized spacial score (nSPS) is 16.4. The molecule has 0 N–H and O–H groups in total. The Labute approximate surface area is 76.7 Å². The first-order valence-corrected chi connectivity index (χ1v) is 3.88. The molecule has 0 radical (unpaired) electrons. The number of rotatable bonds is 2. The second-order valence-electron chi connectivity index (χ2n) is 2.72. The Bertz CT molecular complexity index is 143. The second-order valence-corrected chi connectivity index (χ2v) is 3.60. The molecule has 0 spiro atoms. The number of halogens is 6. The van der Waals surface area contributed by atoms with Crippen molar-refractivity contribution in [3.05, 3.63) is 0 Å². The van der Waals surface area contributed by atoms with E-state index in [1.807, 2.05) is 0 Å². The maximum absolute atomic E-state index is 11.8. The van der Waals surface area contributed by atoms with E-state index in [0.29, 0.717) is 0 Å².